The van der Waals surface area contributed by atoms with E-state index in [2.05, 4.69) is 9.80 Å². The number of carbonyl (C=O) groups is 2. The fraction of sp³-hybridized carbons (Fsp3) is 0.833. The number of carboxylic acid groups (broad SMARTS) is 1. The van der Waals surface area contributed by atoms with Gasteiger partial charge in [0.15, 0.2) is 5.78 Å². The van der Waals surface area contributed by atoms with Crippen molar-refractivity contribution in [2.24, 2.45) is 29.2 Å². The van der Waals surface area contributed by atoms with Gasteiger partial charge in [-0.3, -0.25) is 9.69 Å². The Kier molecular flexibility index (Phi) is 5.32. The Hall–Kier alpha value is -1.55. The normalized spacial score (nSPS) is 49.7. The first kappa shape index (κ1) is 21.9. The zero-order valence-electron chi connectivity index (χ0n) is 18.9. The van der Waals surface area contributed by atoms with Crippen LogP contribution in [0.2, 0.25) is 0 Å². The molecule has 0 spiro atoms. The predicted octanol–water partition coefficient (Wildman–Crippen LogP) is 0.641. The standard InChI is InChI=1S/C24H35FN4O4/c25-18-19(27)17-20-23(21(18)28-6-5-13(26)9-28)33-16-8-12-4-2-1-3-11(12)7-15(16)29(20)10-14(22(17)30)24(31)32/h10-13,15-21,23H,1-9,26-27H2,(H,31,32). The van der Waals surface area contributed by atoms with Gasteiger partial charge in [-0.25, -0.2) is 9.18 Å². The average Bonchev–Trinajstić information content (AvgIpc) is 3.22. The minimum atomic E-state index is -1.48. The van der Waals surface area contributed by atoms with E-state index >= 15 is 4.39 Å². The molecule has 0 radical (unpaired) electrons. The molecule has 182 valence electrons. The van der Waals surface area contributed by atoms with Gasteiger partial charge in [0.2, 0.25) is 0 Å². The molecule has 9 heteroatoms. The number of alkyl halides is 1. The molecule has 3 saturated carbocycles. The second-order valence-electron chi connectivity index (χ2n) is 11.2. The Morgan fingerprint density at radius 3 is 2.52 bits per heavy atom. The van der Waals surface area contributed by atoms with Gasteiger partial charge in [0.1, 0.15) is 11.7 Å². The lowest BCUT2D eigenvalue weighted by Gasteiger charge is -2.62. The number of ether oxygens (including phenoxy) is 1. The van der Waals surface area contributed by atoms with Crippen molar-refractivity contribution in [2.45, 2.75) is 93.5 Å². The van der Waals surface area contributed by atoms with Gasteiger partial charge in [-0.1, -0.05) is 25.7 Å². The molecule has 5 N–H and O–H groups in total. The first-order valence-corrected chi connectivity index (χ1v) is 12.7. The molecule has 2 saturated heterocycles. The molecule has 6 aliphatic rings. The molecule has 8 nitrogen and oxygen atoms in total. The van der Waals surface area contributed by atoms with Crippen molar-refractivity contribution >= 4 is 11.8 Å². The van der Waals surface area contributed by atoms with Crippen LogP contribution in [0.3, 0.4) is 0 Å². The zero-order chi connectivity index (χ0) is 23.0. The summed E-state index contributed by atoms with van der Waals surface area (Å²) in [5.74, 6) is -1.55. The molecule has 3 aliphatic carbocycles. The van der Waals surface area contributed by atoms with Gasteiger partial charge in [0.05, 0.1) is 36.3 Å². The van der Waals surface area contributed by atoms with Crippen molar-refractivity contribution in [2.75, 3.05) is 13.1 Å². The maximum atomic E-state index is 15.9. The number of fused-ring (bicyclic) bond motifs is 3. The summed E-state index contributed by atoms with van der Waals surface area (Å²) in [6.07, 6.45) is 6.92. The summed E-state index contributed by atoms with van der Waals surface area (Å²) < 4.78 is 22.7. The lowest BCUT2D eigenvalue weighted by molar-refractivity contribution is -0.222. The van der Waals surface area contributed by atoms with Crippen LogP contribution in [0.4, 0.5) is 4.39 Å². The van der Waals surface area contributed by atoms with Crippen LogP contribution in [0, 0.1) is 17.8 Å². The third-order valence-electron chi connectivity index (χ3n) is 9.54. The Morgan fingerprint density at radius 2 is 1.85 bits per heavy atom. The summed E-state index contributed by atoms with van der Waals surface area (Å²) in [5.41, 5.74) is 12.3. The number of carboxylic acids is 1. The summed E-state index contributed by atoms with van der Waals surface area (Å²) in [4.78, 5) is 29.4. The van der Waals surface area contributed by atoms with Crippen molar-refractivity contribution in [3.8, 4) is 0 Å². The molecular weight excluding hydrogens is 427 g/mol. The van der Waals surface area contributed by atoms with Gasteiger partial charge in [0.25, 0.3) is 0 Å². The lowest BCUT2D eigenvalue weighted by atomic mass is 9.64. The number of nitrogens with zero attached hydrogens (tertiary/aromatic N) is 2. The van der Waals surface area contributed by atoms with E-state index in [1.807, 2.05) is 0 Å². The second-order valence-corrected chi connectivity index (χ2v) is 11.2. The van der Waals surface area contributed by atoms with Crippen LogP contribution in [-0.4, -0.2) is 88.3 Å². The molecule has 6 rings (SSSR count). The number of hydrogen-bond acceptors (Lipinski definition) is 7. The smallest absolute Gasteiger partial charge is 0.340 e. The zero-order valence-corrected chi connectivity index (χ0v) is 18.9. The van der Waals surface area contributed by atoms with Crippen LogP contribution in [0.25, 0.3) is 0 Å². The third kappa shape index (κ3) is 3.30. The summed E-state index contributed by atoms with van der Waals surface area (Å²) in [6, 6.07) is -2.10. The van der Waals surface area contributed by atoms with Gasteiger partial charge in [-0.2, -0.15) is 0 Å². The maximum Gasteiger partial charge on any atom is 0.340 e. The molecule has 5 fully saturated rings. The van der Waals surface area contributed by atoms with Crippen LogP contribution in [0.15, 0.2) is 11.8 Å². The van der Waals surface area contributed by atoms with Gasteiger partial charge < -0.3 is 26.2 Å². The minimum absolute atomic E-state index is 0.000367. The molecule has 0 aromatic carbocycles. The number of Topliss-reactive ketones (excluding diaryl/α,β-unsaturated/α-hetero) is 1. The summed E-state index contributed by atoms with van der Waals surface area (Å²) in [5, 5.41) is 9.78. The monoisotopic (exact) mass is 462 g/mol. The molecule has 33 heavy (non-hydrogen) atoms. The van der Waals surface area contributed by atoms with E-state index in [0.717, 1.165) is 19.3 Å². The number of rotatable bonds is 2. The van der Waals surface area contributed by atoms with Crippen molar-refractivity contribution in [1.82, 2.24) is 9.80 Å². The highest BCUT2D eigenvalue weighted by atomic mass is 19.1. The van der Waals surface area contributed by atoms with E-state index in [1.165, 1.54) is 25.7 Å². The van der Waals surface area contributed by atoms with Crippen molar-refractivity contribution < 1.29 is 23.8 Å². The molecule has 0 amide bonds. The van der Waals surface area contributed by atoms with E-state index in [-0.39, 0.29) is 23.8 Å². The van der Waals surface area contributed by atoms with Crippen molar-refractivity contribution in [3.05, 3.63) is 11.8 Å². The SMILES string of the molecule is NC1CCN(C2C(F)C(N)C3C(=O)C(C(=O)O)=CN4C5CC6CCCCC6CC5OC2C34)C1. The van der Waals surface area contributed by atoms with Gasteiger partial charge in [-0.15, -0.1) is 0 Å². The number of carbonyl (C=O) groups excluding carboxylic acids is 1. The van der Waals surface area contributed by atoms with E-state index in [9.17, 15) is 14.7 Å². The second kappa shape index (κ2) is 8.00. The molecule has 3 heterocycles. The van der Waals surface area contributed by atoms with Crippen LogP contribution in [0.5, 0.6) is 0 Å². The Bertz CT molecular complexity index is 869. The number of hydrogen-bond donors (Lipinski definition) is 3. The average molecular weight is 463 g/mol. The third-order valence-corrected chi connectivity index (χ3v) is 9.54. The van der Waals surface area contributed by atoms with Crippen LogP contribution in [-0.2, 0) is 14.3 Å². The number of morpholine rings is 1. The van der Waals surface area contributed by atoms with Gasteiger partial charge in [-0.05, 0) is 31.1 Å². The summed E-state index contributed by atoms with van der Waals surface area (Å²) in [7, 11) is 0. The highest BCUT2D eigenvalue weighted by Crippen LogP contribution is 2.50. The first-order chi connectivity index (χ1) is 15.8. The Labute approximate surface area is 193 Å². The summed E-state index contributed by atoms with van der Waals surface area (Å²) in [6.45, 7) is 1.26. The number of nitrogens with two attached hydrogens (primary N) is 2. The van der Waals surface area contributed by atoms with Crippen molar-refractivity contribution in [1.29, 1.82) is 0 Å². The van der Waals surface area contributed by atoms with Crippen LogP contribution in [0.1, 0.15) is 44.9 Å². The number of halogens is 1. The van der Waals surface area contributed by atoms with E-state index < -0.39 is 48.1 Å². The van der Waals surface area contributed by atoms with Crippen LogP contribution < -0.4 is 11.5 Å². The largest absolute Gasteiger partial charge is 0.478 e. The quantitative estimate of drug-likeness (QED) is 0.511. The molecule has 11 atom stereocenters. The topological polar surface area (TPSA) is 122 Å². The fourth-order valence-corrected chi connectivity index (χ4v) is 8.02. The predicted molar refractivity (Wildman–Crippen MR) is 118 cm³/mol. The number of ketones is 1. The van der Waals surface area contributed by atoms with Gasteiger partial charge >= 0.3 is 5.97 Å². The number of aliphatic carboxylic acids is 1. The first-order valence-electron chi connectivity index (χ1n) is 12.7. The van der Waals surface area contributed by atoms with Gasteiger partial charge in [0, 0.05) is 31.4 Å². The number of likely N-dealkylation sites (tertiary alicyclic amines) is 1. The molecule has 0 aromatic rings. The summed E-state index contributed by atoms with van der Waals surface area (Å²) >= 11 is 0. The highest BCUT2D eigenvalue weighted by Gasteiger charge is 2.63. The fourth-order valence-electron chi connectivity index (χ4n) is 8.02. The lowest BCUT2D eigenvalue weighted by Crippen LogP contribution is -2.77. The minimum Gasteiger partial charge on any atom is -0.478 e. The molecule has 3 aliphatic heterocycles. The highest BCUT2D eigenvalue weighted by molar-refractivity contribution is 6.18. The Morgan fingerprint density at radius 1 is 1.12 bits per heavy atom. The maximum absolute atomic E-state index is 15.9. The van der Waals surface area contributed by atoms with E-state index in [4.69, 9.17) is 16.2 Å². The molecule has 0 aromatic heterocycles. The molecule has 0 bridgehead atoms. The van der Waals surface area contributed by atoms with Crippen LogP contribution >= 0.6 is 0 Å². The van der Waals surface area contributed by atoms with E-state index in [1.54, 1.807) is 6.20 Å². The van der Waals surface area contributed by atoms with E-state index in [0.29, 0.717) is 24.9 Å². The Balaban J connectivity index is 1.42. The molecular formula is C24H35FN4O4. The van der Waals surface area contributed by atoms with Crippen molar-refractivity contribution in [3.63, 3.8) is 0 Å². The molecule has 11 unspecified atom stereocenters.